The summed E-state index contributed by atoms with van der Waals surface area (Å²) in [6, 6.07) is 0.677. The van der Waals surface area contributed by atoms with E-state index in [1.807, 2.05) is 13.8 Å². The topological polar surface area (TPSA) is 71.1 Å². The molecule has 0 bridgehead atoms. The van der Waals surface area contributed by atoms with E-state index in [-0.39, 0.29) is 12.7 Å². The molecule has 0 fully saturated rings. The lowest BCUT2D eigenvalue weighted by Gasteiger charge is -2.16. The number of ether oxygens (including phenoxy) is 4. The second kappa shape index (κ2) is 12.4. The maximum Gasteiger partial charge on any atom is 0.313 e. The van der Waals surface area contributed by atoms with Crippen molar-refractivity contribution in [3.8, 4) is 0 Å². The Kier molecular flexibility index (Phi) is 10.6. The highest BCUT2D eigenvalue weighted by Gasteiger charge is 2.19. The number of rotatable bonds is 13. The van der Waals surface area contributed by atoms with Crippen molar-refractivity contribution in [1.82, 2.24) is 0 Å². The van der Waals surface area contributed by atoms with Crippen LogP contribution in [0, 0.1) is 17.5 Å². The first-order chi connectivity index (χ1) is 12.9. The molecule has 27 heavy (non-hydrogen) atoms. The smallest absolute Gasteiger partial charge is 0.313 e. The maximum absolute atomic E-state index is 13.5. The van der Waals surface area contributed by atoms with Gasteiger partial charge < -0.3 is 18.9 Å². The molecule has 0 atom stereocenters. The summed E-state index contributed by atoms with van der Waals surface area (Å²) in [5, 5.41) is 0. The molecule has 0 aliphatic heterocycles. The lowest BCUT2D eigenvalue weighted by Crippen LogP contribution is -2.21. The molecule has 152 valence electrons. The summed E-state index contributed by atoms with van der Waals surface area (Å²) in [6.45, 7) is 4.10. The number of carbonyl (C=O) groups is 2. The lowest BCUT2D eigenvalue weighted by atomic mass is 10.1. The molecule has 0 unspecified atom stereocenters. The Balaban J connectivity index is 2.27. The van der Waals surface area contributed by atoms with Crippen LogP contribution in [0.5, 0.6) is 0 Å². The molecule has 0 spiro atoms. The summed E-state index contributed by atoms with van der Waals surface area (Å²) in [5.74, 6) is -5.89. The Bertz CT molecular complexity index is 617. The molecule has 0 heterocycles. The molecule has 1 aromatic carbocycles. The number of Topliss-reactive ketones (excluding diaryl/α,β-unsaturated/α-hetero) is 1. The van der Waals surface area contributed by atoms with Gasteiger partial charge in [-0.15, -0.1) is 0 Å². The van der Waals surface area contributed by atoms with Crippen molar-refractivity contribution in [3.63, 3.8) is 0 Å². The zero-order valence-corrected chi connectivity index (χ0v) is 15.3. The van der Waals surface area contributed by atoms with Crippen molar-refractivity contribution in [3.05, 3.63) is 35.1 Å². The number of hydrogen-bond acceptors (Lipinski definition) is 6. The third-order valence-electron chi connectivity index (χ3n) is 3.28. The van der Waals surface area contributed by atoms with Gasteiger partial charge in [-0.3, -0.25) is 9.59 Å². The van der Waals surface area contributed by atoms with E-state index in [0.717, 1.165) is 0 Å². The summed E-state index contributed by atoms with van der Waals surface area (Å²) in [5.41, 5.74) is -0.697. The van der Waals surface area contributed by atoms with Gasteiger partial charge in [-0.25, -0.2) is 13.2 Å². The number of benzene rings is 1. The molecular weight excluding hydrogens is 369 g/mol. The molecule has 1 aromatic rings. The second-order valence-corrected chi connectivity index (χ2v) is 5.34. The van der Waals surface area contributed by atoms with Gasteiger partial charge in [-0.05, 0) is 32.8 Å². The van der Waals surface area contributed by atoms with Crippen molar-refractivity contribution >= 4 is 11.8 Å². The van der Waals surface area contributed by atoms with Gasteiger partial charge in [0.2, 0.25) is 0 Å². The van der Waals surface area contributed by atoms with Crippen molar-refractivity contribution in [2.75, 3.05) is 26.4 Å². The molecule has 0 aromatic heterocycles. The molecule has 1 rings (SSSR count). The molecule has 9 heteroatoms. The van der Waals surface area contributed by atoms with Gasteiger partial charge >= 0.3 is 5.97 Å². The molecule has 6 nitrogen and oxygen atoms in total. The number of hydrogen-bond donors (Lipinski definition) is 0. The minimum atomic E-state index is -1.41. The molecule has 0 N–H and O–H groups in total. The highest BCUT2D eigenvalue weighted by atomic mass is 19.2. The largest absolute Gasteiger partial charge is 0.465 e. The first-order valence-corrected chi connectivity index (χ1v) is 8.57. The second-order valence-electron chi connectivity index (χ2n) is 5.34. The van der Waals surface area contributed by atoms with E-state index in [1.54, 1.807) is 0 Å². The van der Waals surface area contributed by atoms with Gasteiger partial charge in [-0.2, -0.15) is 0 Å². The molecule has 0 saturated carbocycles. The van der Waals surface area contributed by atoms with E-state index in [0.29, 0.717) is 38.7 Å². The third-order valence-corrected chi connectivity index (χ3v) is 3.28. The van der Waals surface area contributed by atoms with Gasteiger partial charge in [0.15, 0.2) is 17.4 Å². The van der Waals surface area contributed by atoms with Crippen molar-refractivity contribution in [2.45, 2.75) is 39.6 Å². The monoisotopic (exact) mass is 392 g/mol. The standard InChI is InChI=1S/C18H23F3O6/c1-3-24-18(25-4-2)27-8-6-5-7-26-17(23)11-16(22)12-9-14(20)15(21)10-13(12)19/h9-10,18H,3-8,11H2,1-2H3. The molecule has 0 aliphatic carbocycles. The zero-order chi connectivity index (χ0) is 20.2. The minimum Gasteiger partial charge on any atom is -0.465 e. The highest BCUT2D eigenvalue weighted by molar-refractivity contribution is 6.06. The van der Waals surface area contributed by atoms with Crippen LogP contribution < -0.4 is 0 Å². The van der Waals surface area contributed by atoms with E-state index in [4.69, 9.17) is 18.9 Å². The van der Waals surface area contributed by atoms with Gasteiger partial charge in [0.25, 0.3) is 6.48 Å². The van der Waals surface area contributed by atoms with Crippen LogP contribution in [-0.2, 0) is 23.7 Å². The van der Waals surface area contributed by atoms with E-state index < -0.39 is 47.7 Å². The van der Waals surface area contributed by atoms with Crippen LogP contribution >= 0.6 is 0 Å². The van der Waals surface area contributed by atoms with Gasteiger partial charge in [0.1, 0.15) is 12.2 Å². The van der Waals surface area contributed by atoms with Crippen molar-refractivity contribution in [2.24, 2.45) is 0 Å². The Labute approximate surface area is 155 Å². The maximum atomic E-state index is 13.5. The molecule has 0 saturated heterocycles. The number of carbonyl (C=O) groups excluding carboxylic acids is 2. The average molecular weight is 392 g/mol. The fraction of sp³-hybridized carbons (Fsp3) is 0.556. The Morgan fingerprint density at radius 2 is 1.48 bits per heavy atom. The zero-order valence-electron chi connectivity index (χ0n) is 15.3. The fourth-order valence-electron chi connectivity index (χ4n) is 2.00. The summed E-state index contributed by atoms with van der Waals surface area (Å²) in [7, 11) is 0. The van der Waals surface area contributed by atoms with Crippen molar-refractivity contribution in [1.29, 1.82) is 0 Å². The molecular formula is C18H23F3O6. The summed E-state index contributed by atoms with van der Waals surface area (Å²) in [6.07, 6.45) is 0.245. The number of unbranched alkanes of at least 4 members (excludes halogenated alkanes) is 1. The Morgan fingerprint density at radius 1 is 0.889 bits per heavy atom. The summed E-state index contributed by atoms with van der Waals surface area (Å²) >= 11 is 0. The van der Waals surface area contributed by atoms with Crippen LogP contribution in [0.4, 0.5) is 13.2 Å². The normalized spacial score (nSPS) is 11.0. The molecule has 0 amide bonds. The number of esters is 1. The molecule has 0 radical (unpaired) electrons. The first kappa shape index (κ1) is 23.1. The average Bonchev–Trinajstić information content (AvgIpc) is 2.61. The minimum absolute atomic E-state index is 0.0314. The van der Waals surface area contributed by atoms with E-state index in [9.17, 15) is 22.8 Å². The van der Waals surface area contributed by atoms with Crippen molar-refractivity contribution < 1.29 is 41.7 Å². The summed E-state index contributed by atoms with van der Waals surface area (Å²) in [4.78, 5) is 23.4. The Hall–Kier alpha value is -1.97. The van der Waals surface area contributed by atoms with E-state index in [2.05, 4.69) is 0 Å². The van der Waals surface area contributed by atoms with E-state index in [1.165, 1.54) is 0 Å². The predicted molar refractivity (Wildman–Crippen MR) is 88.4 cm³/mol. The number of ketones is 1. The van der Waals surface area contributed by atoms with Crippen LogP contribution in [-0.4, -0.2) is 44.7 Å². The van der Waals surface area contributed by atoms with Gasteiger partial charge in [-0.1, -0.05) is 0 Å². The summed E-state index contributed by atoms with van der Waals surface area (Å²) < 4.78 is 60.0. The number of halogens is 3. The Morgan fingerprint density at radius 3 is 2.11 bits per heavy atom. The van der Waals surface area contributed by atoms with E-state index >= 15 is 0 Å². The fourth-order valence-corrected chi connectivity index (χ4v) is 2.00. The van der Waals surface area contributed by atoms with Gasteiger partial charge in [0.05, 0.1) is 18.8 Å². The predicted octanol–water partition coefficient (Wildman–Crippen LogP) is 3.37. The lowest BCUT2D eigenvalue weighted by molar-refractivity contribution is -0.284. The SMILES string of the molecule is CCOC(OCC)OCCCCOC(=O)CC(=O)c1cc(F)c(F)cc1F. The van der Waals surface area contributed by atoms with Crippen LogP contribution in [0.25, 0.3) is 0 Å². The quantitative estimate of drug-likeness (QED) is 0.128. The first-order valence-electron chi connectivity index (χ1n) is 8.57. The van der Waals surface area contributed by atoms with Crippen LogP contribution in [0.3, 0.4) is 0 Å². The van der Waals surface area contributed by atoms with Gasteiger partial charge in [0, 0.05) is 19.3 Å². The van der Waals surface area contributed by atoms with Crippen LogP contribution in [0.1, 0.15) is 43.5 Å². The molecule has 0 aliphatic rings. The highest BCUT2D eigenvalue weighted by Crippen LogP contribution is 2.15. The third kappa shape index (κ3) is 8.51. The van der Waals surface area contributed by atoms with Crippen LogP contribution in [0.15, 0.2) is 12.1 Å². The van der Waals surface area contributed by atoms with Crippen LogP contribution in [0.2, 0.25) is 0 Å².